The lowest BCUT2D eigenvalue weighted by atomic mass is 10.1. The van der Waals surface area contributed by atoms with Gasteiger partial charge in [-0.15, -0.1) is 18.3 Å². The van der Waals surface area contributed by atoms with Crippen LogP contribution in [0.5, 0.6) is 0 Å². The Balaban J connectivity index is 2.03. The lowest BCUT2D eigenvalue weighted by Gasteiger charge is -2.06. The van der Waals surface area contributed by atoms with Crippen LogP contribution in [0.15, 0.2) is 55.1 Å². The number of fused-ring (bicyclic) bond motifs is 1. The lowest BCUT2D eigenvalue weighted by molar-refractivity contribution is -0.113. The average Bonchev–Trinajstić information content (AvgIpc) is 2.39. The molecule has 2 rings (SSSR count). The van der Waals surface area contributed by atoms with Crippen LogP contribution in [0.4, 0.5) is 5.69 Å². The van der Waals surface area contributed by atoms with E-state index in [2.05, 4.69) is 18.0 Å². The minimum Gasteiger partial charge on any atom is -0.325 e. The summed E-state index contributed by atoms with van der Waals surface area (Å²) in [6.07, 6.45) is 1.80. The largest absolute Gasteiger partial charge is 0.325 e. The van der Waals surface area contributed by atoms with Gasteiger partial charge in [0.05, 0.1) is 5.75 Å². The highest BCUT2D eigenvalue weighted by atomic mass is 32.2. The van der Waals surface area contributed by atoms with Crippen LogP contribution < -0.4 is 5.32 Å². The summed E-state index contributed by atoms with van der Waals surface area (Å²) >= 11 is 1.55. The molecule has 0 saturated carbocycles. The number of hydrogen-bond donors (Lipinski definition) is 1. The zero-order chi connectivity index (χ0) is 12.8. The summed E-state index contributed by atoms with van der Waals surface area (Å²) < 4.78 is 0. The fourth-order valence-corrected chi connectivity index (χ4v) is 2.24. The first kappa shape index (κ1) is 12.7. The molecular weight excluding hydrogens is 242 g/mol. The number of amides is 1. The van der Waals surface area contributed by atoms with Crippen molar-refractivity contribution in [2.24, 2.45) is 0 Å². The Morgan fingerprint density at radius 3 is 2.78 bits per heavy atom. The van der Waals surface area contributed by atoms with Crippen LogP contribution >= 0.6 is 11.8 Å². The molecule has 0 bridgehead atoms. The number of benzene rings is 2. The van der Waals surface area contributed by atoms with E-state index >= 15 is 0 Å². The highest BCUT2D eigenvalue weighted by Crippen LogP contribution is 2.18. The second kappa shape index (κ2) is 6.26. The molecule has 1 N–H and O–H groups in total. The van der Waals surface area contributed by atoms with Gasteiger partial charge in [0.15, 0.2) is 0 Å². The molecular formula is C15H15NOS. The first-order chi connectivity index (χ1) is 8.79. The van der Waals surface area contributed by atoms with E-state index in [0.29, 0.717) is 5.75 Å². The number of thioether (sulfide) groups is 1. The lowest BCUT2D eigenvalue weighted by Crippen LogP contribution is -2.14. The SMILES string of the molecule is C=CCSCC(=O)Nc1ccc2ccccc2c1. The normalized spacial score (nSPS) is 10.2. The number of carbonyl (C=O) groups is 1. The van der Waals surface area contributed by atoms with Crippen LogP contribution in [0.25, 0.3) is 10.8 Å². The fraction of sp³-hybridized carbons (Fsp3) is 0.133. The van der Waals surface area contributed by atoms with E-state index in [1.165, 1.54) is 5.39 Å². The quantitative estimate of drug-likeness (QED) is 0.653. The van der Waals surface area contributed by atoms with Crippen LogP contribution in [-0.4, -0.2) is 17.4 Å². The predicted molar refractivity (Wildman–Crippen MR) is 80.1 cm³/mol. The number of anilines is 1. The van der Waals surface area contributed by atoms with Crippen molar-refractivity contribution in [1.29, 1.82) is 0 Å². The van der Waals surface area contributed by atoms with Gasteiger partial charge in [-0.25, -0.2) is 0 Å². The molecule has 0 radical (unpaired) electrons. The maximum atomic E-state index is 11.7. The Hall–Kier alpha value is -1.74. The third-order valence-corrected chi connectivity index (χ3v) is 3.44. The van der Waals surface area contributed by atoms with Crippen LogP contribution in [0.1, 0.15) is 0 Å². The highest BCUT2D eigenvalue weighted by molar-refractivity contribution is 8.00. The third kappa shape index (κ3) is 3.37. The Labute approximate surface area is 111 Å². The van der Waals surface area contributed by atoms with Crippen molar-refractivity contribution >= 4 is 34.1 Å². The molecule has 0 heterocycles. The van der Waals surface area contributed by atoms with Gasteiger partial charge in [-0.3, -0.25) is 4.79 Å². The monoisotopic (exact) mass is 257 g/mol. The molecule has 0 fully saturated rings. The van der Waals surface area contributed by atoms with Gasteiger partial charge in [-0.05, 0) is 22.9 Å². The minimum atomic E-state index is 0.0251. The van der Waals surface area contributed by atoms with Gasteiger partial charge in [-0.2, -0.15) is 0 Å². The van der Waals surface area contributed by atoms with Crippen molar-refractivity contribution < 1.29 is 4.79 Å². The van der Waals surface area contributed by atoms with E-state index < -0.39 is 0 Å². The van der Waals surface area contributed by atoms with Crippen molar-refractivity contribution in [3.05, 3.63) is 55.1 Å². The van der Waals surface area contributed by atoms with E-state index in [0.717, 1.165) is 16.8 Å². The van der Waals surface area contributed by atoms with E-state index in [4.69, 9.17) is 0 Å². The standard InChI is InChI=1S/C15H15NOS/c1-2-9-18-11-15(17)16-14-8-7-12-5-3-4-6-13(12)10-14/h2-8,10H,1,9,11H2,(H,16,17). The topological polar surface area (TPSA) is 29.1 Å². The third-order valence-electron chi connectivity index (χ3n) is 2.50. The van der Waals surface area contributed by atoms with Gasteiger partial charge in [-0.1, -0.05) is 36.4 Å². The van der Waals surface area contributed by atoms with E-state index in [1.807, 2.05) is 36.4 Å². The van der Waals surface area contributed by atoms with Crippen molar-refractivity contribution in [3.8, 4) is 0 Å². The summed E-state index contributed by atoms with van der Waals surface area (Å²) in [5.74, 6) is 1.28. The van der Waals surface area contributed by atoms with Crippen LogP contribution in [-0.2, 0) is 4.79 Å². The summed E-state index contributed by atoms with van der Waals surface area (Å²) in [5.41, 5.74) is 0.845. The predicted octanol–water partition coefficient (Wildman–Crippen LogP) is 3.70. The first-order valence-electron chi connectivity index (χ1n) is 5.77. The maximum Gasteiger partial charge on any atom is 0.234 e. The van der Waals surface area contributed by atoms with Crippen molar-refractivity contribution in [3.63, 3.8) is 0 Å². The van der Waals surface area contributed by atoms with Crippen molar-refractivity contribution in [2.75, 3.05) is 16.8 Å². The second-order valence-electron chi connectivity index (χ2n) is 3.91. The molecule has 0 saturated heterocycles. The Bertz CT molecular complexity index is 565. The van der Waals surface area contributed by atoms with Gasteiger partial charge < -0.3 is 5.32 Å². The van der Waals surface area contributed by atoms with E-state index in [9.17, 15) is 4.79 Å². The van der Waals surface area contributed by atoms with Gasteiger partial charge >= 0.3 is 0 Å². The molecule has 2 aromatic carbocycles. The first-order valence-corrected chi connectivity index (χ1v) is 6.92. The fourth-order valence-electron chi connectivity index (χ4n) is 1.70. The maximum absolute atomic E-state index is 11.7. The van der Waals surface area contributed by atoms with Crippen LogP contribution in [0, 0.1) is 0 Å². The Morgan fingerprint density at radius 1 is 1.22 bits per heavy atom. The summed E-state index contributed by atoms with van der Waals surface area (Å²) in [6.45, 7) is 3.62. The zero-order valence-electron chi connectivity index (χ0n) is 10.1. The van der Waals surface area contributed by atoms with Crippen molar-refractivity contribution in [2.45, 2.75) is 0 Å². The van der Waals surface area contributed by atoms with Gasteiger partial charge in [0.1, 0.15) is 0 Å². The molecule has 0 aromatic heterocycles. The van der Waals surface area contributed by atoms with Crippen LogP contribution in [0.3, 0.4) is 0 Å². The molecule has 3 heteroatoms. The van der Waals surface area contributed by atoms with E-state index in [1.54, 1.807) is 17.8 Å². The molecule has 1 amide bonds. The van der Waals surface area contributed by atoms with Gasteiger partial charge in [0.25, 0.3) is 0 Å². The molecule has 18 heavy (non-hydrogen) atoms. The molecule has 2 nitrogen and oxygen atoms in total. The number of nitrogens with one attached hydrogen (secondary N) is 1. The van der Waals surface area contributed by atoms with Crippen molar-refractivity contribution in [1.82, 2.24) is 0 Å². The Kier molecular flexibility index (Phi) is 4.42. The molecule has 0 spiro atoms. The minimum absolute atomic E-state index is 0.0251. The highest BCUT2D eigenvalue weighted by Gasteiger charge is 2.02. The molecule has 0 aliphatic rings. The second-order valence-corrected chi connectivity index (χ2v) is 4.94. The molecule has 92 valence electrons. The average molecular weight is 257 g/mol. The number of rotatable bonds is 5. The van der Waals surface area contributed by atoms with Gasteiger partial charge in [0.2, 0.25) is 5.91 Å². The molecule has 0 aliphatic heterocycles. The molecule has 0 unspecified atom stereocenters. The van der Waals surface area contributed by atoms with Gasteiger partial charge in [0, 0.05) is 11.4 Å². The van der Waals surface area contributed by atoms with Crippen LogP contribution in [0.2, 0.25) is 0 Å². The summed E-state index contributed by atoms with van der Waals surface area (Å²) in [4.78, 5) is 11.7. The molecule has 0 aliphatic carbocycles. The molecule has 0 atom stereocenters. The number of hydrogen-bond acceptors (Lipinski definition) is 2. The van der Waals surface area contributed by atoms with E-state index in [-0.39, 0.29) is 5.91 Å². The Morgan fingerprint density at radius 2 is 2.00 bits per heavy atom. The summed E-state index contributed by atoms with van der Waals surface area (Å²) in [5, 5.41) is 5.21. The molecule has 2 aromatic rings. The summed E-state index contributed by atoms with van der Waals surface area (Å²) in [7, 11) is 0. The summed E-state index contributed by atoms with van der Waals surface area (Å²) in [6, 6.07) is 14.0. The zero-order valence-corrected chi connectivity index (χ0v) is 10.9. The smallest absolute Gasteiger partial charge is 0.234 e. The number of carbonyl (C=O) groups excluding carboxylic acids is 1.